The smallest absolute Gasteiger partial charge is 0.140 e. The second-order valence-corrected chi connectivity index (χ2v) is 6.04. The molecule has 0 atom stereocenters. The van der Waals surface area contributed by atoms with Gasteiger partial charge in [0, 0.05) is 0 Å². The van der Waals surface area contributed by atoms with Crippen molar-refractivity contribution in [1.82, 2.24) is 0 Å². The van der Waals surface area contributed by atoms with Crippen molar-refractivity contribution in [3.8, 4) is 5.75 Å². The van der Waals surface area contributed by atoms with Crippen molar-refractivity contribution in [3.63, 3.8) is 0 Å². The van der Waals surface area contributed by atoms with E-state index in [2.05, 4.69) is 12.1 Å². The number of benzene rings is 1. The van der Waals surface area contributed by atoms with Gasteiger partial charge in [0.1, 0.15) is 11.5 Å². The number of hydrogen-bond acceptors (Lipinski definition) is 2. The summed E-state index contributed by atoms with van der Waals surface area (Å²) in [4.78, 5) is 11.7. The average molecular weight is 258 g/mol. The second kappa shape index (κ2) is 4.99. The standard InChI is InChI=1S/C17H22O2/c1-13(18)17(11-12-17)14-7-9-16(10-8-14)19-15-5-3-2-4-6-15/h7-10,15H,2-6,11-12H2,1H3. The van der Waals surface area contributed by atoms with Crippen molar-refractivity contribution in [2.45, 2.75) is 63.4 Å². The quantitative estimate of drug-likeness (QED) is 0.815. The van der Waals surface area contributed by atoms with E-state index in [1.807, 2.05) is 12.1 Å². The lowest BCUT2D eigenvalue weighted by atomic mass is 9.92. The average Bonchev–Trinajstić information content (AvgIpc) is 3.22. The second-order valence-electron chi connectivity index (χ2n) is 6.04. The molecule has 2 aliphatic rings. The third kappa shape index (κ3) is 2.54. The van der Waals surface area contributed by atoms with Gasteiger partial charge in [-0.2, -0.15) is 0 Å². The Balaban J connectivity index is 1.67. The molecule has 2 saturated carbocycles. The molecule has 19 heavy (non-hydrogen) atoms. The van der Waals surface area contributed by atoms with Gasteiger partial charge in [-0.05, 0) is 63.1 Å². The molecular weight excluding hydrogens is 236 g/mol. The summed E-state index contributed by atoms with van der Waals surface area (Å²) in [6.45, 7) is 1.71. The van der Waals surface area contributed by atoms with Crippen LogP contribution < -0.4 is 4.74 Å². The first-order chi connectivity index (χ1) is 9.21. The highest BCUT2D eigenvalue weighted by Crippen LogP contribution is 2.49. The van der Waals surface area contributed by atoms with Gasteiger partial charge in [0.2, 0.25) is 0 Å². The van der Waals surface area contributed by atoms with Crippen molar-refractivity contribution >= 4 is 5.78 Å². The fourth-order valence-corrected chi connectivity index (χ4v) is 3.20. The SMILES string of the molecule is CC(=O)C1(c2ccc(OC3CCCCC3)cc2)CC1. The maximum absolute atomic E-state index is 11.7. The lowest BCUT2D eigenvalue weighted by molar-refractivity contribution is -0.119. The number of carbonyl (C=O) groups is 1. The Bertz CT molecular complexity index is 451. The van der Waals surface area contributed by atoms with Gasteiger partial charge in [0.05, 0.1) is 11.5 Å². The summed E-state index contributed by atoms with van der Waals surface area (Å²) in [6.07, 6.45) is 8.68. The van der Waals surface area contributed by atoms with Gasteiger partial charge < -0.3 is 4.74 Å². The van der Waals surface area contributed by atoms with Crippen LogP contribution in [0.3, 0.4) is 0 Å². The number of hydrogen-bond donors (Lipinski definition) is 0. The molecule has 0 N–H and O–H groups in total. The normalized spacial score (nSPS) is 21.9. The van der Waals surface area contributed by atoms with Crippen molar-refractivity contribution in [3.05, 3.63) is 29.8 Å². The Morgan fingerprint density at radius 2 is 1.74 bits per heavy atom. The minimum absolute atomic E-state index is 0.163. The maximum atomic E-state index is 11.7. The summed E-state index contributed by atoms with van der Waals surface area (Å²) in [5, 5.41) is 0. The lowest BCUT2D eigenvalue weighted by Gasteiger charge is -2.23. The molecule has 3 rings (SSSR count). The predicted octanol–water partition coefficient (Wildman–Crippen LogP) is 4.02. The molecular formula is C17H22O2. The summed E-state index contributed by atoms with van der Waals surface area (Å²) < 4.78 is 6.02. The van der Waals surface area contributed by atoms with Gasteiger partial charge >= 0.3 is 0 Å². The van der Waals surface area contributed by atoms with E-state index in [-0.39, 0.29) is 5.41 Å². The van der Waals surface area contributed by atoms with Gasteiger partial charge in [-0.25, -0.2) is 0 Å². The molecule has 0 heterocycles. The van der Waals surface area contributed by atoms with E-state index in [1.54, 1.807) is 6.92 Å². The first-order valence-corrected chi connectivity index (χ1v) is 7.49. The number of ketones is 1. The zero-order valence-electron chi connectivity index (χ0n) is 11.7. The van der Waals surface area contributed by atoms with E-state index in [4.69, 9.17) is 4.74 Å². The molecule has 0 saturated heterocycles. The Morgan fingerprint density at radius 1 is 1.11 bits per heavy atom. The monoisotopic (exact) mass is 258 g/mol. The molecule has 102 valence electrons. The van der Waals surface area contributed by atoms with E-state index in [0.29, 0.717) is 11.9 Å². The van der Waals surface area contributed by atoms with Crippen LogP contribution >= 0.6 is 0 Å². The van der Waals surface area contributed by atoms with Gasteiger partial charge in [-0.15, -0.1) is 0 Å². The summed E-state index contributed by atoms with van der Waals surface area (Å²) in [6, 6.07) is 8.22. The summed E-state index contributed by atoms with van der Waals surface area (Å²) in [7, 11) is 0. The van der Waals surface area contributed by atoms with Crippen LogP contribution in [-0.4, -0.2) is 11.9 Å². The molecule has 1 aromatic rings. The molecule has 0 spiro atoms. The highest BCUT2D eigenvalue weighted by atomic mass is 16.5. The van der Waals surface area contributed by atoms with E-state index in [0.717, 1.165) is 24.2 Å². The van der Waals surface area contributed by atoms with Crippen LogP contribution in [0.4, 0.5) is 0 Å². The highest BCUT2D eigenvalue weighted by molar-refractivity contribution is 5.91. The number of ether oxygens (including phenoxy) is 1. The van der Waals surface area contributed by atoms with Crippen molar-refractivity contribution < 1.29 is 9.53 Å². The maximum Gasteiger partial charge on any atom is 0.140 e. The Hall–Kier alpha value is -1.31. The highest BCUT2D eigenvalue weighted by Gasteiger charge is 2.48. The van der Waals surface area contributed by atoms with E-state index in [1.165, 1.54) is 32.1 Å². The van der Waals surface area contributed by atoms with E-state index < -0.39 is 0 Å². The van der Waals surface area contributed by atoms with Crippen molar-refractivity contribution in [1.29, 1.82) is 0 Å². The minimum atomic E-state index is -0.163. The zero-order valence-corrected chi connectivity index (χ0v) is 11.7. The summed E-state index contributed by atoms with van der Waals surface area (Å²) in [5.74, 6) is 1.25. The Labute approximate surface area is 115 Å². The Morgan fingerprint density at radius 3 is 2.26 bits per heavy atom. The van der Waals surface area contributed by atoms with Gasteiger partial charge in [0.15, 0.2) is 0 Å². The molecule has 0 aromatic heterocycles. The fraction of sp³-hybridized carbons (Fsp3) is 0.588. The third-order valence-electron chi connectivity index (χ3n) is 4.69. The minimum Gasteiger partial charge on any atom is -0.490 e. The topological polar surface area (TPSA) is 26.3 Å². The predicted molar refractivity (Wildman–Crippen MR) is 75.5 cm³/mol. The molecule has 0 amide bonds. The number of rotatable bonds is 4. The molecule has 2 nitrogen and oxygen atoms in total. The molecule has 0 bridgehead atoms. The fourth-order valence-electron chi connectivity index (χ4n) is 3.20. The molecule has 1 aromatic carbocycles. The summed E-state index contributed by atoms with van der Waals surface area (Å²) >= 11 is 0. The molecule has 0 aliphatic heterocycles. The van der Waals surface area contributed by atoms with E-state index in [9.17, 15) is 4.79 Å². The van der Waals surface area contributed by atoms with Crippen LogP contribution in [0.2, 0.25) is 0 Å². The van der Waals surface area contributed by atoms with Crippen LogP contribution in [-0.2, 0) is 10.2 Å². The molecule has 2 heteroatoms. The molecule has 0 radical (unpaired) electrons. The van der Waals surface area contributed by atoms with Gasteiger partial charge in [-0.1, -0.05) is 18.6 Å². The summed E-state index contributed by atoms with van der Waals surface area (Å²) in [5.41, 5.74) is 1.000. The van der Waals surface area contributed by atoms with E-state index >= 15 is 0 Å². The Kier molecular flexibility index (Phi) is 3.34. The van der Waals surface area contributed by atoms with Crippen molar-refractivity contribution in [2.75, 3.05) is 0 Å². The van der Waals surface area contributed by atoms with Gasteiger partial charge in [-0.3, -0.25) is 4.79 Å². The molecule has 0 unspecified atom stereocenters. The molecule has 2 aliphatic carbocycles. The van der Waals surface area contributed by atoms with Crippen LogP contribution in [0.5, 0.6) is 5.75 Å². The van der Waals surface area contributed by atoms with Crippen LogP contribution in [0.25, 0.3) is 0 Å². The third-order valence-corrected chi connectivity index (χ3v) is 4.69. The first kappa shape index (κ1) is 12.7. The van der Waals surface area contributed by atoms with Crippen LogP contribution in [0.15, 0.2) is 24.3 Å². The number of Topliss-reactive ketones (excluding diaryl/α,β-unsaturated/α-hetero) is 1. The number of carbonyl (C=O) groups excluding carboxylic acids is 1. The largest absolute Gasteiger partial charge is 0.490 e. The van der Waals surface area contributed by atoms with Crippen LogP contribution in [0.1, 0.15) is 57.4 Å². The zero-order chi connectivity index (χ0) is 13.3. The first-order valence-electron chi connectivity index (χ1n) is 7.49. The van der Waals surface area contributed by atoms with Gasteiger partial charge in [0.25, 0.3) is 0 Å². The molecule has 2 fully saturated rings. The van der Waals surface area contributed by atoms with Crippen molar-refractivity contribution in [2.24, 2.45) is 0 Å². The van der Waals surface area contributed by atoms with Crippen LogP contribution in [0, 0.1) is 0 Å². The lowest BCUT2D eigenvalue weighted by Crippen LogP contribution is -2.20.